The van der Waals surface area contributed by atoms with Crippen molar-refractivity contribution in [2.75, 3.05) is 18.5 Å². The summed E-state index contributed by atoms with van der Waals surface area (Å²) < 4.78 is 5.77. The Bertz CT molecular complexity index is 794. The number of aromatic nitrogens is 1. The van der Waals surface area contributed by atoms with Gasteiger partial charge in [0.1, 0.15) is 0 Å². The lowest BCUT2D eigenvalue weighted by Gasteiger charge is -2.26. The first kappa shape index (κ1) is 21.7. The minimum atomic E-state index is -0.102. The molecule has 156 valence electrons. The fraction of sp³-hybridized carbons (Fsp3) is 0.478. The number of amides is 2. The highest BCUT2D eigenvalue weighted by atomic mass is 32.2. The van der Waals surface area contributed by atoms with Gasteiger partial charge in [0.2, 0.25) is 0 Å². The van der Waals surface area contributed by atoms with Crippen molar-refractivity contribution in [1.29, 1.82) is 0 Å². The number of rotatable bonds is 8. The van der Waals surface area contributed by atoms with E-state index in [1.807, 2.05) is 48.0 Å². The first-order chi connectivity index (χ1) is 14.0. The molecule has 6 heteroatoms. The molecule has 0 spiro atoms. The van der Waals surface area contributed by atoms with Gasteiger partial charge in [-0.25, -0.2) is 4.79 Å². The summed E-state index contributed by atoms with van der Waals surface area (Å²) in [5.41, 5.74) is 2.94. The number of hydrogen-bond donors (Lipinski definition) is 1. The number of carbonyl (C=O) groups is 1. The zero-order valence-corrected chi connectivity index (χ0v) is 18.4. The van der Waals surface area contributed by atoms with Crippen molar-refractivity contribution in [1.82, 2.24) is 9.88 Å². The third-order valence-corrected chi connectivity index (χ3v) is 6.44. The third-order valence-electron chi connectivity index (χ3n) is 5.18. The van der Waals surface area contributed by atoms with Crippen molar-refractivity contribution in [3.8, 4) is 0 Å². The van der Waals surface area contributed by atoms with Gasteiger partial charge in [-0.15, -0.1) is 11.8 Å². The maximum Gasteiger partial charge on any atom is 0.322 e. The van der Waals surface area contributed by atoms with E-state index in [2.05, 4.69) is 36.3 Å². The highest BCUT2D eigenvalue weighted by Crippen LogP contribution is 2.28. The number of pyridine rings is 1. The molecule has 2 amide bonds. The number of thioether (sulfide) groups is 1. The van der Waals surface area contributed by atoms with E-state index in [9.17, 15) is 4.79 Å². The number of nitrogens with zero attached hydrogens (tertiary/aromatic N) is 2. The van der Waals surface area contributed by atoms with Crippen LogP contribution < -0.4 is 5.32 Å². The van der Waals surface area contributed by atoms with Gasteiger partial charge in [-0.2, -0.15) is 0 Å². The molecule has 0 aliphatic carbocycles. The van der Waals surface area contributed by atoms with Gasteiger partial charge in [0, 0.05) is 47.9 Å². The molecule has 3 rings (SSSR count). The molecule has 29 heavy (non-hydrogen) atoms. The van der Waals surface area contributed by atoms with E-state index in [0.717, 1.165) is 42.7 Å². The van der Waals surface area contributed by atoms with Crippen molar-refractivity contribution >= 4 is 23.5 Å². The molecular formula is C23H31N3O2S. The van der Waals surface area contributed by atoms with Crippen molar-refractivity contribution in [2.45, 2.75) is 62.8 Å². The predicted octanol–water partition coefficient (Wildman–Crippen LogP) is 5.49. The lowest BCUT2D eigenvalue weighted by Crippen LogP contribution is -2.39. The lowest BCUT2D eigenvalue weighted by atomic mass is 10.2. The standard InChI is InChI=1S/C23H31N3O2S/c1-4-18(3)29-21-9-10-22(17(2)13-21)25-23(27)26(16-20-8-6-12-28-20)15-19-7-5-11-24-14-19/h5,7,9-11,13-14,18,20H,4,6,8,12,15-16H2,1-3H3,(H,25,27). The van der Waals surface area contributed by atoms with Gasteiger partial charge in [-0.05, 0) is 61.6 Å². The summed E-state index contributed by atoms with van der Waals surface area (Å²) in [4.78, 5) is 20.3. The van der Waals surface area contributed by atoms with Gasteiger partial charge < -0.3 is 15.0 Å². The van der Waals surface area contributed by atoms with Crippen LogP contribution in [0.4, 0.5) is 10.5 Å². The molecule has 0 saturated carbocycles. The average molecular weight is 414 g/mol. The normalized spacial score (nSPS) is 17.1. The van der Waals surface area contributed by atoms with Crippen LogP contribution in [0.5, 0.6) is 0 Å². The molecule has 1 N–H and O–H groups in total. The first-order valence-electron chi connectivity index (χ1n) is 10.4. The number of ether oxygens (including phenoxy) is 1. The summed E-state index contributed by atoms with van der Waals surface area (Å²) in [7, 11) is 0. The lowest BCUT2D eigenvalue weighted by molar-refractivity contribution is 0.0819. The monoisotopic (exact) mass is 413 g/mol. The number of anilines is 1. The molecule has 1 saturated heterocycles. The van der Waals surface area contributed by atoms with E-state index in [0.29, 0.717) is 18.3 Å². The molecule has 1 aliphatic rings. The Balaban J connectivity index is 1.69. The van der Waals surface area contributed by atoms with Crippen LogP contribution in [0.2, 0.25) is 0 Å². The number of carbonyl (C=O) groups excluding carboxylic acids is 1. The maximum absolute atomic E-state index is 13.1. The molecule has 1 fully saturated rings. The van der Waals surface area contributed by atoms with Crippen LogP contribution in [0.3, 0.4) is 0 Å². The summed E-state index contributed by atoms with van der Waals surface area (Å²) >= 11 is 1.87. The van der Waals surface area contributed by atoms with Crippen molar-refractivity contribution in [3.05, 3.63) is 53.9 Å². The molecule has 2 unspecified atom stereocenters. The second kappa shape index (κ2) is 10.6. The average Bonchev–Trinajstić information content (AvgIpc) is 3.23. The summed E-state index contributed by atoms with van der Waals surface area (Å²) in [6.07, 6.45) is 6.85. The topological polar surface area (TPSA) is 54.5 Å². The molecule has 1 aromatic carbocycles. The Kier molecular flexibility index (Phi) is 7.95. The van der Waals surface area contributed by atoms with E-state index < -0.39 is 0 Å². The van der Waals surface area contributed by atoms with E-state index in [4.69, 9.17) is 4.74 Å². The summed E-state index contributed by atoms with van der Waals surface area (Å²) in [5.74, 6) is 0. The van der Waals surface area contributed by atoms with Gasteiger partial charge in [-0.3, -0.25) is 4.98 Å². The molecule has 2 heterocycles. The van der Waals surface area contributed by atoms with Crippen LogP contribution >= 0.6 is 11.8 Å². The summed E-state index contributed by atoms with van der Waals surface area (Å²) in [5, 5.41) is 3.68. The summed E-state index contributed by atoms with van der Waals surface area (Å²) in [6, 6.07) is 10.0. The zero-order valence-electron chi connectivity index (χ0n) is 17.6. The van der Waals surface area contributed by atoms with E-state index in [1.165, 1.54) is 4.90 Å². The molecular weight excluding hydrogens is 382 g/mol. The number of urea groups is 1. The number of hydrogen-bond acceptors (Lipinski definition) is 4. The number of aryl methyl sites for hydroxylation is 1. The van der Waals surface area contributed by atoms with Crippen LogP contribution in [0.25, 0.3) is 0 Å². The smallest absolute Gasteiger partial charge is 0.322 e. The Morgan fingerprint density at radius 2 is 2.28 bits per heavy atom. The molecule has 0 bridgehead atoms. The van der Waals surface area contributed by atoms with Gasteiger partial charge in [0.15, 0.2) is 0 Å². The molecule has 1 aromatic heterocycles. The van der Waals surface area contributed by atoms with Crippen molar-refractivity contribution in [3.63, 3.8) is 0 Å². The second-order valence-corrected chi connectivity index (χ2v) is 9.13. The Morgan fingerprint density at radius 1 is 1.41 bits per heavy atom. The van der Waals surface area contributed by atoms with E-state index in [1.54, 1.807) is 6.20 Å². The van der Waals surface area contributed by atoms with Crippen molar-refractivity contribution in [2.24, 2.45) is 0 Å². The quantitative estimate of drug-likeness (QED) is 0.581. The zero-order chi connectivity index (χ0) is 20.6. The molecule has 5 nitrogen and oxygen atoms in total. The molecule has 0 radical (unpaired) electrons. The van der Waals surface area contributed by atoms with E-state index >= 15 is 0 Å². The molecule has 2 atom stereocenters. The van der Waals surface area contributed by atoms with Gasteiger partial charge in [0.25, 0.3) is 0 Å². The fourth-order valence-electron chi connectivity index (χ4n) is 3.33. The van der Waals surface area contributed by atoms with Crippen molar-refractivity contribution < 1.29 is 9.53 Å². The maximum atomic E-state index is 13.1. The third kappa shape index (κ3) is 6.47. The van der Waals surface area contributed by atoms with Gasteiger partial charge >= 0.3 is 6.03 Å². The molecule has 1 aliphatic heterocycles. The molecule has 2 aromatic rings. The first-order valence-corrected chi connectivity index (χ1v) is 11.3. The minimum absolute atomic E-state index is 0.102. The predicted molar refractivity (Wildman–Crippen MR) is 119 cm³/mol. The highest BCUT2D eigenvalue weighted by Gasteiger charge is 2.23. The Labute approximate surface area is 178 Å². The van der Waals surface area contributed by atoms with Gasteiger partial charge in [-0.1, -0.05) is 19.9 Å². The van der Waals surface area contributed by atoms with Crippen LogP contribution in [-0.2, 0) is 11.3 Å². The van der Waals surface area contributed by atoms with Crippen LogP contribution in [0, 0.1) is 6.92 Å². The highest BCUT2D eigenvalue weighted by molar-refractivity contribution is 7.99. The number of benzene rings is 1. The Morgan fingerprint density at radius 3 is 2.93 bits per heavy atom. The summed E-state index contributed by atoms with van der Waals surface area (Å²) in [6.45, 7) is 8.35. The van der Waals surface area contributed by atoms with Crippen LogP contribution in [0.1, 0.15) is 44.2 Å². The minimum Gasteiger partial charge on any atom is -0.376 e. The largest absolute Gasteiger partial charge is 0.376 e. The second-order valence-electron chi connectivity index (χ2n) is 7.62. The Hall–Kier alpha value is -2.05. The number of nitrogens with one attached hydrogen (secondary N) is 1. The van der Waals surface area contributed by atoms with Gasteiger partial charge in [0.05, 0.1) is 6.10 Å². The van der Waals surface area contributed by atoms with E-state index in [-0.39, 0.29) is 12.1 Å². The van der Waals surface area contributed by atoms with Crippen LogP contribution in [-0.4, -0.2) is 40.4 Å². The van der Waals surface area contributed by atoms with Crippen LogP contribution in [0.15, 0.2) is 47.6 Å². The SMILES string of the molecule is CCC(C)Sc1ccc(NC(=O)N(Cc2cccnc2)CC2CCCO2)c(C)c1. The fourth-order valence-corrected chi connectivity index (χ4v) is 4.35.